The number of rotatable bonds is 8. The van der Waals surface area contributed by atoms with Gasteiger partial charge in [0.2, 0.25) is 11.8 Å². The van der Waals surface area contributed by atoms with Gasteiger partial charge < -0.3 is 24.1 Å². The van der Waals surface area contributed by atoms with Gasteiger partial charge in [0.15, 0.2) is 0 Å². The summed E-state index contributed by atoms with van der Waals surface area (Å²) in [4.78, 5) is 26.5. The minimum atomic E-state index is -0.387. The Balaban J connectivity index is 1.30. The molecule has 2 aromatic carbocycles. The number of nitrogens with zero attached hydrogens (tertiary/aromatic N) is 1. The Morgan fingerprint density at radius 2 is 1.74 bits per heavy atom. The number of nitrogens with one attached hydrogen (secondary N) is 1. The molecule has 1 aromatic heterocycles. The number of anilines is 1. The Labute approximate surface area is 180 Å². The van der Waals surface area contributed by atoms with E-state index < -0.39 is 0 Å². The third-order valence-corrected chi connectivity index (χ3v) is 5.00. The maximum absolute atomic E-state index is 12.6. The summed E-state index contributed by atoms with van der Waals surface area (Å²) < 4.78 is 16.5. The van der Waals surface area contributed by atoms with E-state index in [9.17, 15) is 9.59 Å². The van der Waals surface area contributed by atoms with Crippen LogP contribution in [-0.2, 0) is 16.1 Å². The van der Waals surface area contributed by atoms with Crippen LogP contribution in [0.5, 0.6) is 17.2 Å². The second kappa shape index (κ2) is 9.38. The van der Waals surface area contributed by atoms with E-state index >= 15 is 0 Å². The Kier molecular flexibility index (Phi) is 6.21. The fourth-order valence-corrected chi connectivity index (χ4v) is 3.45. The van der Waals surface area contributed by atoms with Gasteiger partial charge in [0.25, 0.3) is 0 Å². The number of furan rings is 1. The fourth-order valence-electron chi connectivity index (χ4n) is 3.45. The molecule has 0 aliphatic carbocycles. The zero-order chi connectivity index (χ0) is 21.6. The summed E-state index contributed by atoms with van der Waals surface area (Å²) in [6.45, 7) is 3.31. The molecule has 2 amide bonds. The maximum Gasteiger partial charge on any atom is 0.229 e. The Morgan fingerprint density at radius 1 is 1.06 bits per heavy atom. The van der Waals surface area contributed by atoms with Crippen LogP contribution < -0.4 is 14.8 Å². The van der Waals surface area contributed by atoms with Gasteiger partial charge in [0.1, 0.15) is 23.0 Å². The van der Waals surface area contributed by atoms with Crippen molar-refractivity contribution in [2.24, 2.45) is 5.92 Å². The SMILES string of the molecule is CCOc1ccc(Oc2ccc(NC(=O)[C@H]3CC(=O)N(Cc4ccco4)C3)cc2)cc1. The van der Waals surface area contributed by atoms with E-state index in [4.69, 9.17) is 13.9 Å². The predicted molar refractivity (Wildman–Crippen MR) is 115 cm³/mol. The number of benzene rings is 2. The summed E-state index contributed by atoms with van der Waals surface area (Å²) >= 11 is 0. The number of amides is 2. The van der Waals surface area contributed by atoms with E-state index in [0.29, 0.717) is 42.6 Å². The van der Waals surface area contributed by atoms with Gasteiger partial charge in [-0.05, 0) is 67.6 Å². The molecule has 0 radical (unpaired) electrons. The third-order valence-electron chi connectivity index (χ3n) is 5.00. The highest BCUT2D eigenvalue weighted by Crippen LogP contribution is 2.26. The van der Waals surface area contributed by atoms with Crippen LogP contribution >= 0.6 is 0 Å². The molecule has 31 heavy (non-hydrogen) atoms. The molecule has 0 bridgehead atoms. The van der Waals surface area contributed by atoms with Crippen molar-refractivity contribution in [2.75, 3.05) is 18.5 Å². The lowest BCUT2D eigenvalue weighted by Crippen LogP contribution is -2.27. The van der Waals surface area contributed by atoms with Crippen molar-refractivity contribution < 1.29 is 23.5 Å². The van der Waals surface area contributed by atoms with E-state index in [1.165, 1.54) is 0 Å². The van der Waals surface area contributed by atoms with Crippen LogP contribution in [0.2, 0.25) is 0 Å². The van der Waals surface area contributed by atoms with Crippen LogP contribution in [0.25, 0.3) is 0 Å². The van der Waals surface area contributed by atoms with Gasteiger partial charge in [0.05, 0.1) is 25.3 Å². The first kappa shape index (κ1) is 20.5. The van der Waals surface area contributed by atoms with Crippen molar-refractivity contribution >= 4 is 17.5 Å². The predicted octanol–water partition coefficient (Wildman–Crippen LogP) is 4.46. The Morgan fingerprint density at radius 3 is 2.39 bits per heavy atom. The van der Waals surface area contributed by atoms with E-state index in [-0.39, 0.29) is 24.2 Å². The zero-order valence-corrected chi connectivity index (χ0v) is 17.2. The minimum Gasteiger partial charge on any atom is -0.494 e. The second-order valence-electron chi connectivity index (χ2n) is 7.27. The molecular weight excluding hydrogens is 396 g/mol. The average Bonchev–Trinajstić information content (AvgIpc) is 3.41. The van der Waals surface area contributed by atoms with E-state index in [0.717, 1.165) is 5.75 Å². The molecule has 7 nitrogen and oxygen atoms in total. The Hall–Kier alpha value is -3.74. The first-order chi connectivity index (χ1) is 15.1. The van der Waals surface area contributed by atoms with Gasteiger partial charge in [-0.3, -0.25) is 9.59 Å². The number of hydrogen-bond donors (Lipinski definition) is 1. The Bertz CT molecular complexity index is 1010. The van der Waals surface area contributed by atoms with Gasteiger partial charge in [0, 0.05) is 18.7 Å². The highest BCUT2D eigenvalue weighted by molar-refractivity contribution is 5.97. The van der Waals surface area contributed by atoms with Gasteiger partial charge in [-0.25, -0.2) is 0 Å². The standard InChI is InChI=1S/C24H24N2O5/c1-2-29-19-9-11-21(12-10-19)31-20-7-5-18(6-8-20)25-24(28)17-14-23(27)26(15-17)16-22-4-3-13-30-22/h3-13,17H,2,14-16H2,1H3,(H,25,28)/t17-/m0/s1. The molecule has 7 heteroatoms. The van der Waals surface area contributed by atoms with Gasteiger partial charge in [-0.15, -0.1) is 0 Å². The number of carbonyl (C=O) groups excluding carboxylic acids is 2. The molecule has 1 fully saturated rings. The minimum absolute atomic E-state index is 0.0457. The van der Waals surface area contributed by atoms with Crippen LogP contribution in [0.15, 0.2) is 71.3 Å². The van der Waals surface area contributed by atoms with Crippen LogP contribution in [0.1, 0.15) is 19.1 Å². The molecule has 1 aliphatic rings. The van der Waals surface area contributed by atoms with E-state index in [1.54, 1.807) is 41.5 Å². The van der Waals surface area contributed by atoms with Crippen molar-refractivity contribution in [1.29, 1.82) is 0 Å². The molecule has 0 saturated carbocycles. The van der Waals surface area contributed by atoms with E-state index in [2.05, 4.69) is 5.32 Å². The quantitative estimate of drug-likeness (QED) is 0.582. The molecule has 0 spiro atoms. The number of carbonyl (C=O) groups is 2. The van der Waals surface area contributed by atoms with Gasteiger partial charge in [-0.1, -0.05) is 0 Å². The normalized spacial score (nSPS) is 15.7. The molecule has 4 rings (SSSR count). The van der Waals surface area contributed by atoms with Crippen LogP contribution in [-0.4, -0.2) is 29.9 Å². The first-order valence-electron chi connectivity index (χ1n) is 10.2. The van der Waals surface area contributed by atoms with Crippen molar-refractivity contribution in [3.63, 3.8) is 0 Å². The molecule has 0 unspecified atom stereocenters. The topological polar surface area (TPSA) is 81.0 Å². The highest BCUT2D eigenvalue weighted by atomic mass is 16.5. The van der Waals surface area contributed by atoms with Crippen LogP contribution in [0.3, 0.4) is 0 Å². The smallest absolute Gasteiger partial charge is 0.229 e. The van der Waals surface area contributed by atoms with Gasteiger partial charge in [-0.2, -0.15) is 0 Å². The molecule has 160 valence electrons. The third kappa shape index (κ3) is 5.25. The molecule has 1 N–H and O–H groups in total. The lowest BCUT2D eigenvalue weighted by Gasteiger charge is -2.15. The summed E-state index contributed by atoms with van der Waals surface area (Å²) in [6.07, 6.45) is 1.77. The van der Waals surface area contributed by atoms with Crippen molar-refractivity contribution in [3.8, 4) is 17.2 Å². The lowest BCUT2D eigenvalue weighted by atomic mass is 10.1. The van der Waals surface area contributed by atoms with Gasteiger partial charge >= 0.3 is 0 Å². The summed E-state index contributed by atoms with van der Waals surface area (Å²) in [6, 6.07) is 18.1. The largest absolute Gasteiger partial charge is 0.494 e. The fraction of sp³-hybridized carbons (Fsp3) is 0.250. The summed E-state index contributed by atoms with van der Waals surface area (Å²) in [7, 11) is 0. The molecule has 1 saturated heterocycles. The lowest BCUT2D eigenvalue weighted by molar-refractivity contribution is -0.128. The van der Waals surface area contributed by atoms with Crippen molar-refractivity contribution in [3.05, 3.63) is 72.7 Å². The second-order valence-corrected chi connectivity index (χ2v) is 7.27. The number of ether oxygens (including phenoxy) is 2. The van der Waals surface area contributed by atoms with E-state index in [1.807, 2.05) is 37.3 Å². The highest BCUT2D eigenvalue weighted by Gasteiger charge is 2.34. The molecule has 1 atom stereocenters. The zero-order valence-electron chi connectivity index (χ0n) is 17.2. The maximum atomic E-state index is 12.6. The van der Waals surface area contributed by atoms with Crippen LogP contribution in [0.4, 0.5) is 5.69 Å². The van der Waals surface area contributed by atoms with Crippen LogP contribution in [0, 0.1) is 5.92 Å². The monoisotopic (exact) mass is 420 g/mol. The molecular formula is C24H24N2O5. The summed E-state index contributed by atoms with van der Waals surface area (Å²) in [5.74, 6) is 2.25. The molecule has 2 heterocycles. The summed E-state index contributed by atoms with van der Waals surface area (Å²) in [5.41, 5.74) is 0.654. The molecule has 3 aromatic rings. The van der Waals surface area contributed by atoms with Crippen molar-refractivity contribution in [1.82, 2.24) is 4.90 Å². The van der Waals surface area contributed by atoms with Crippen molar-refractivity contribution in [2.45, 2.75) is 19.9 Å². The molecule has 1 aliphatic heterocycles. The number of likely N-dealkylation sites (tertiary alicyclic amines) is 1. The summed E-state index contributed by atoms with van der Waals surface area (Å²) in [5, 5.41) is 2.88. The average molecular weight is 420 g/mol. The number of hydrogen-bond acceptors (Lipinski definition) is 5. The first-order valence-corrected chi connectivity index (χ1v) is 10.2.